The maximum atomic E-state index is 13.5. The second-order valence-corrected chi connectivity index (χ2v) is 11.9. The maximum absolute atomic E-state index is 13.5. The number of benzene rings is 3. The molecule has 0 spiro atoms. The minimum absolute atomic E-state index is 0. The Morgan fingerprint density at radius 2 is 1.57 bits per heavy atom. The summed E-state index contributed by atoms with van der Waals surface area (Å²) in [7, 11) is 3.73. The summed E-state index contributed by atoms with van der Waals surface area (Å²) >= 11 is 0. The third kappa shape index (κ3) is 11.8. The molecule has 3 amide bonds. The van der Waals surface area contributed by atoms with Crippen molar-refractivity contribution in [3.63, 3.8) is 0 Å². The van der Waals surface area contributed by atoms with E-state index in [9.17, 15) is 19.5 Å². The number of piperazine rings is 1. The van der Waals surface area contributed by atoms with Gasteiger partial charge in [0.25, 0.3) is 11.8 Å². The number of hydrogen-bond acceptors (Lipinski definition) is 8. The van der Waals surface area contributed by atoms with E-state index in [-0.39, 0.29) is 53.6 Å². The summed E-state index contributed by atoms with van der Waals surface area (Å²) in [5.41, 5.74) is 7.84. The van der Waals surface area contributed by atoms with Crippen molar-refractivity contribution in [1.82, 2.24) is 9.80 Å². The number of amides is 3. The van der Waals surface area contributed by atoms with Crippen LogP contribution in [0.3, 0.4) is 0 Å². The van der Waals surface area contributed by atoms with Crippen LogP contribution in [0.4, 0.5) is 11.4 Å². The van der Waals surface area contributed by atoms with E-state index >= 15 is 0 Å². The van der Waals surface area contributed by atoms with E-state index in [1.54, 1.807) is 37.4 Å². The van der Waals surface area contributed by atoms with Gasteiger partial charge in [0.05, 0.1) is 30.2 Å². The number of phenols is 1. The zero-order valence-electron chi connectivity index (χ0n) is 28.5. The number of halogens is 2. The monoisotopic (exact) mass is 717 g/mol. The molecule has 3 aromatic rings. The lowest BCUT2D eigenvalue weighted by Crippen LogP contribution is -2.47. The lowest BCUT2D eigenvalue weighted by molar-refractivity contribution is -0.132. The molecular formula is C36H49Cl2N5O6. The van der Waals surface area contributed by atoms with Gasteiger partial charge >= 0.3 is 0 Å². The summed E-state index contributed by atoms with van der Waals surface area (Å²) < 4.78 is 11.8. The molecule has 268 valence electrons. The molecule has 0 atom stereocenters. The van der Waals surface area contributed by atoms with Gasteiger partial charge < -0.3 is 40.3 Å². The van der Waals surface area contributed by atoms with Crippen LogP contribution in [0.25, 0.3) is 0 Å². The van der Waals surface area contributed by atoms with Crippen LogP contribution in [0, 0.1) is 6.92 Å². The predicted molar refractivity (Wildman–Crippen MR) is 198 cm³/mol. The number of rotatable bonds is 15. The molecule has 0 saturated carbocycles. The van der Waals surface area contributed by atoms with Crippen molar-refractivity contribution >= 4 is 53.9 Å². The zero-order chi connectivity index (χ0) is 33.8. The van der Waals surface area contributed by atoms with Gasteiger partial charge in [0, 0.05) is 45.2 Å². The molecule has 11 nitrogen and oxygen atoms in total. The Hall–Kier alpha value is -4.03. The van der Waals surface area contributed by atoms with Crippen molar-refractivity contribution in [2.75, 3.05) is 70.2 Å². The van der Waals surface area contributed by atoms with E-state index in [0.717, 1.165) is 51.0 Å². The summed E-state index contributed by atoms with van der Waals surface area (Å²) in [5, 5.41) is 13.4. The van der Waals surface area contributed by atoms with Gasteiger partial charge in [0.15, 0.2) is 0 Å². The highest BCUT2D eigenvalue weighted by Crippen LogP contribution is 2.32. The molecule has 1 saturated heterocycles. The van der Waals surface area contributed by atoms with Gasteiger partial charge in [-0.05, 0) is 94.2 Å². The molecular weight excluding hydrogens is 669 g/mol. The fourth-order valence-corrected chi connectivity index (χ4v) is 5.27. The van der Waals surface area contributed by atoms with E-state index < -0.39 is 5.91 Å². The van der Waals surface area contributed by atoms with E-state index in [2.05, 4.69) is 17.3 Å². The van der Waals surface area contributed by atoms with Gasteiger partial charge in [-0.1, -0.05) is 18.2 Å². The highest BCUT2D eigenvalue weighted by Gasteiger charge is 2.21. The van der Waals surface area contributed by atoms with Crippen LogP contribution in [0.1, 0.15) is 58.4 Å². The molecule has 1 aliphatic heterocycles. The Balaban J connectivity index is 0.00000417. The maximum Gasteiger partial charge on any atom is 0.259 e. The lowest BCUT2D eigenvalue weighted by Gasteiger charge is -2.32. The molecule has 0 radical (unpaired) electrons. The molecule has 0 aliphatic carbocycles. The number of aromatic hydroxyl groups is 1. The van der Waals surface area contributed by atoms with Crippen LogP contribution >= 0.6 is 24.8 Å². The SMILES string of the molecule is Cc1ccc(N(C)C(=O)c2ccc(NC(=O)c3ccccc3OCCCN)c(O)c2)c(OCCCCCC(=O)N2CCN(C)CC2)c1.Cl.Cl. The molecule has 4 rings (SSSR count). The van der Waals surface area contributed by atoms with Crippen LogP contribution in [0.15, 0.2) is 60.7 Å². The van der Waals surface area contributed by atoms with Crippen molar-refractivity contribution < 1.29 is 29.0 Å². The number of ether oxygens (including phenoxy) is 2. The normalized spacial score (nSPS) is 12.7. The van der Waals surface area contributed by atoms with Crippen molar-refractivity contribution in [2.24, 2.45) is 5.73 Å². The number of likely N-dealkylation sites (N-methyl/N-ethyl adjacent to an activating group) is 1. The Morgan fingerprint density at radius 1 is 0.878 bits per heavy atom. The van der Waals surface area contributed by atoms with Crippen LogP contribution in [0.5, 0.6) is 17.2 Å². The van der Waals surface area contributed by atoms with Gasteiger partial charge in [-0.3, -0.25) is 14.4 Å². The number of carbonyl (C=O) groups is 3. The predicted octanol–water partition coefficient (Wildman–Crippen LogP) is 5.51. The molecule has 0 bridgehead atoms. The summed E-state index contributed by atoms with van der Waals surface area (Å²) in [6.45, 7) is 6.69. The highest BCUT2D eigenvalue weighted by molar-refractivity contribution is 6.09. The average Bonchev–Trinajstić information content (AvgIpc) is 3.07. The van der Waals surface area contributed by atoms with Crippen LogP contribution in [-0.4, -0.2) is 92.7 Å². The van der Waals surface area contributed by atoms with Crippen molar-refractivity contribution in [2.45, 2.75) is 39.0 Å². The Morgan fingerprint density at radius 3 is 2.29 bits per heavy atom. The van der Waals surface area contributed by atoms with Crippen molar-refractivity contribution in [3.8, 4) is 17.2 Å². The van der Waals surface area contributed by atoms with Gasteiger partial charge in [-0.25, -0.2) is 0 Å². The number of unbranched alkanes of at least 4 members (excludes halogenated alkanes) is 2. The fourth-order valence-electron chi connectivity index (χ4n) is 5.27. The molecule has 3 aromatic carbocycles. The van der Waals surface area contributed by atoms with Gasteiger partial charge in [0.1, 0.15) is 17.2 Å². The number of nitrogens with zero attached hydrogens (tertiary/aromatic N) is 3. The van der Waals surface area contributed by atoms with E-state index in [1.807, 2.05) is 30.0 Å². The number of para-hydroxylation sites is 1. The second kappa shape index (κ2) is 20.5. The molecule has 1 heterocycles. The number of carbonyl (C=O) groups excluding carboxylic acids is 3. The van der Waals surface area contributed by atoms with E-state index in [4.69, 9.17) is 15.2 Å². The average molecular weight is 719 g/mol. The molecule has 49 heavy (non-hydrogen) atoms. The number of anilines is 2. The minimum atomic E-state index is -0.456. The second-order valence-electron chi connectivity index (χ2n) is 11.9. The number of phenolic OH excluding ortho intramolecular Hbond substituents is 1. The van der Waals surface area contributed by atoms with Gasteiger partial charge in [0.2, 0.25) is 5.91 Å². The van der Waals surface area contributed by atoms with Crippen LogP contribution in [0.2, 0.25) is 0 Å². The molecule has 1 aliphatic rings. The highest BCUT2D eigenvalue weighted by atomic mass is 35.5. The van der Waals surface area contributed by atoms with Crippen molar-refractivity contribution in [3.05, 3.63) is 77.4 Å². The topological polar surface area (TPSA) is 138 Å². The summed E-state index contributed by atoms with van der Waals surface area (Å²) in [6, 6.07) is 16.8. The first-order valence-corrected chi connectivity index (χ1v) is 16.2. The molecule has 0 unspecified atom stereocenters. The largest absolute Gasteiger partial charge is 0.506 e. The van der Waals surface area contributed by atoms with E-state index in [0.29, 0.717) is 55.4 Å². The van der Waals surface area contributed by atoms with E-state index in [1.165, 1.54) is 17.0 Å². The number of nitrogens with two attached hydrogens (primary N) is 1. The molecule has 13 heteroatoms. The smallest absolute Gasteiger partial charge is 0.259 e. The minimum Gasteiger partial charge on any atom is -0.506 e. The quantitative estimate of drug-likeness (QED) is 0.138. The summed E-state index contributed by atoms with van der Waals surface area (Å²) in [5.74, 6) is 0.158. The third-order valence-electron chi connectivity index (χ3n) is 8.16. The lowest BCUT2D eigenvalue weighted by atomic mass is 10.1. The Bertz CT molecular complexity index is 1530. The first kappa shape index (κ1) is 41.1. The molecule has 4 N–H and O–H groups in total. The first-order chi connectivity index (χ1) is 22.7. The molecule has 1 fully saturated rings. The van der Waals surface area contributed by atoms with Gasteiger partial charge in [-0.15, -0.1) is 24.8 Å². The Labute approximate surface area is 301 Å². The fraction of sp³-hybridized carbons (Fsp3) is 0.417. The standard InChI is InChI=1S/C36H47N5O6.2ClH/c1-26-13-16-30(33(24-26)47-22-8-4-5-12-34(43)41-20-18-39(2)19-21-41)40(3)36(45)27-14-15-29(31(42)25-27)38-35(44)28-10-6-7-11-32(28)46-23-9-17-37;;/h6-7,10-11,13-16,24-25,42H,4-5,8-9,12,17-23,37H2,1-3H3,(H,38,44);2*1H. The van der Waals surface area contributed by atoms with Crippen molar-refractivity contribution in [1.29, 1.82) is 0 Å². The number of hydrogen-bond donors (Lipinski definition) is 3. The molecule has 0 aromatic heterocycles. The van der Waals surface area contributed by atoms with Gasteiger partial charge in [-0.2, -0.15) is 0 Å². The zero-order valence-corrected chi connectivity index (χ0v) is 30.1. The third-order valence-corrected chi connectivity index (χ3v) is 8.16. The summed E-state index contributed by atoms with van der Waals surface area (Å²) in [6.07, 6.45) is 3.65. The Kier molecular flexibility index (Phi) is 17.2. The summed E-state index contributed by atoms with van der Waals surface area (Å²) in [4.78, 5) is 44.7. The number of nitrogens with one attached hydrogen (secondary N) is 1. The van der Waals surface area contributed by atoms with Crippen LogP contribution in [-0.2, 0) is 4.79 Å². The first-order valence-electron chi connectivity index (χ1n) is 16.2. The number of aryl methyl sites for hydroxylation is 1. The van der Waals surface area contributed by atoms with Crippen LogP contribution < -0.4 is 25.4 Å².